The van der Waals surface area contributed by atoms with Gasteiger partial charge in [0.25, 0.3) is 0 Å². The van der Waals surface area contributed by atoms with Gasteiger partial charge in [-0.05, 0) is 43.0 Å². The largest absolute Gasteiger partial charge is 0.497 e. The minimum atomic E-state index is -0.272. The third kappa shape index (κ3) is 1.35. The van der Waals surface area contributed by atoms with Gasteiger partial charge < -0.3 is 9.30 Å². The lowest BCUT2D eigenvalue weighted by Gasteiger charge is -2.35. The van der Waals surface area contributed by atoms with E-state index in [0.29, 0.717) is 0 Å². The van der Waals surface area contributed by atoms with E-state index in [2.05, 4.69) is 22.9 Å². The number of hydrogen-bond donors (Lipinski definition) is 0. The van der Waals surface area contributed by atoms with Crippen molar-refractivity contribution in [2.24, 2.45) is 7.05 Å². The van der Waals surface area contributed by atoms with Gasteiger partial charge in [-0.3, -0.25) is 0 Å². The van der Waals surface area contributed by atoms with Crippen LogP contribution in [0, 0.1) is 11.3 Å². The van der Waals surface area contributed by atoms with Crippen molar-refractivity contribution in [3.8, 4) is 11.8 Å². The predicted octanol–water partition coefficient (Wildman–Crippen LogP) is 3.13. The van der Waals surface area contributed by atoms with E-state index >= 15 is 0 Å². The number of benzene rings is 1. The average molecular weight is 240 g/mol. The van der Waals surface area contributed by atoms with Crippen molar-refractivity contribution < 1.29 is 4.74 Å². The van der Waals surface area contributed by atoms with Gasteiger partial charge in [-0.1, -0.05) is 0 Å². The molecule has 0 amide bonds. The third-order valence-corrected chi connectivity index (χ3v) is 4.13. The van der Waals surface area contributed by atoms with E-state index in [9.17, 15) is 5.26 Å². The number of hydrogen-bond acceptors (Lipinski definition) is 2. The molecule has 0 unspecified atom stereocenters. The van der Waals surface area contributed by atoms with E-state index in [0.717, 1.165) is 41.5 Å². The molecule has 1 saturated carbocycles. The molecule has 1 aromatic carbocycles. The molecule has 1 aliphatic carbocycles. The van der Waals surface area contributed by atoms with Crippen LogP contribution in [0.3, 0.4) is 0 Å². The van der Waals surface area contributed by atoms with E-state index in [1.165, 1.54) is 0 Å². The first-order chi connectivity index (χ1) is 8.70. The normalized spacial score (nSPS) is 17.2. The van der Waals surface area contributed by atoms with Gasteiger partial charge in [0.2, 0.25) is 0 Å². The fourth-order valence-electron chi connectivity index (χ4n) is 2.85. The van der Waals surface area contributed by atoms with Gasteiger partial charge >= 0.3 is 0 Å². The van der Waals surface area contributed by atoms with Crippen molar-refractivity contribution in [2.45, 2.75) is 24.7 Å². The maximum atomic E-state index is 9.49. The summed E-state index contributed by atoms with van der Waals surface area (Å²) in [5.41, 5.74) is 2.05. The fourth-order valence-corrected chi connectivity index (χ4v) is 2.85. The lowest BCUT2D eigenvalue weighted by atomic mass is 9.65. The Kier molecular flexibility index (Phi) is 2.34. The van der Waals surface area contributed by atoms with Crippen LogP contribution in [0.15, 0.2) is 24.4 Å². The predicted molar refractivity (Wildman–Crippen MR) is 70.6 cm³/mol. The summed E-state index contributed by atoms with van der Waals surface area (Å²) in [6, 6.07) is 8.58. The number of aromatic nitrogens is 1. The zero-order valence-electron chi connectivity index (χ0n) is 10.7. The van der Waals surface area contributed by atoms with Crippen molar-refractivity contribution in [3.05, 3.63) is 30.0 Å². The number of ether oxygens (including phenoxy) is 1. The topological polar surface area (TPSA) is 37.9 Å². The molecular weight excluding hydrogens is 224 g/mol. The maximum absolute atomic E-state index is 9.49. The van der Waals surface area contributed by atoms with Crippen molar-refractivity contribution in [1.29, 1.82) is 5.26 Å². The first kappa shape index (κ1) is 11.2. The molecule has 1 heterocycles. The van der Waals surface area contributed by atoms with Crippen molar-refractivity contribution in [2.75, 3.05) is 7.11 Å². The summed E-state index contributed by atoms with van der Waals surface area (Å²) in [5, 5.41) is 10.6. The third-order valence-electron chi connectivity index (χ3n) is 4.13. The van der Waals surface area contributed by atoms with E-state index < -0.39 is 0 Å². The minimum Gasteiger partial charge on any atom is -0.497 e. The van der Waals surface area contributed by atoms with Gasteiger partial charge in [0, 0.05) is 24.1 Å². The molecular formula is C15H16N2O. The van der Waals surface area contributed by atoms with Crippen LogP contribution in [0.4, 0.5) is 0 Å². The summed E-state index contributed by atoms with van der Waals surface area (Å²) in [5.74, 6) is 0.849. The van der Waals surface area contributed by atoms with Crippen LogP contribution in [0.2, 0.25) is 0 Å². The zero-order valence-corrected chi connectivity index (χ0v) is 10.7. The summed E-state index contributed by atoms with van der Waals surface area (Å²) in [6.07, 6.45) is 5.19. The second-order valence-electron chi connectivity index (χ2n) is 5.08. The van der Waals surface area contributed by atoms with Crippen LogP contribution in [-0.4, -0.2) is 11.7 Å². The molecule has 2 aromatic rings. The smallest absolute Gasteiger partial charge is 0.119 e. The minimum absolute atomic E-state index is 0.272. The lowest BCUT2D eigenvalue weighted by Crippen LogP contribution is -2.32. The summed E-state index contributed by atoms with van der Waals surface area (Å²) in [7, 11) is 3.70. The highest BCUT2D eigenvalue weighted by Crippen LogP contribution is 2.46. The molecule has 1 fully saturated rings. The molecule has 0 bridgehead atoms. The van der Waals surface area contributed by atoms with Crippen LogP contribution in [0.25, 0.3) is 10.9 Å². The van der Waals surface area contributed by atoms with Gasteiger partial charge in [-0.2, -0.15) is 5.26 Å². The molecule has 0 spiro atoms. The molecule has 0 saturated heterocycles. The number of nitrogens with zero attached hydrogens (tertiary/aromatic N) is 2. The monoisotopic (exact) mass is 240 g/mol. The Hall–Kier alpha value is -1.95. The number of aryl methyl sites for hydroxylation is 1. The van der Waals surface area contributed by atoms with Crippen LogP contribution in [0.1, 0.15) is 24.8 Å². The van der Waals surface area contributed by atoms with Gasteiger partial charge in [-0.25, -0.2) is 0 Å². The first-order valence-electron chi connectivity index (χ1n) is 6.25. The van der Waals surface area contributed by atoms with Crippen LogP contribution < -0.4 is 4.74 Å². The first-order valence-corrected chi connectivity index (χ1v) is 6.25. The molecule has 0 N–H and O–H groups in total. The molecule has 1 aliphatic rings. The number of rotatable bonds is 2. The van der Waals surface area contributed by atoms with Crippen LogP contribution in [0.5, 0.6) is 5.75 Å². The standard InChI is InChI=1S/C15H16N2O/c1-17-9-13(15(10-16)6-3-7-15)12-8-11(18-2)4-5-14(12)17/h4-5,8-9H,3,6-7H2,1-2H3. The number of fused-ring (bicyclic) bond motifs is 1. The Morgan fingerprint density at radius 2 is 2.17 bits per heavy atom. The molecule has 1 aromatic heterocycles. The quantitative estimate of drug-likeness (QED) is 0.808. The summed E-state index contributed by atoms with van der Waals surface area (Å²) < 4.78 is 7.39. The fraction of sp³-hybridized carbons (Fsp3) is 0.400. The molecule has 0 atom stereocenters. The molecule has 0 radical (unpaired) electrons. The van der Waals surface area contributed by atoms with E-state index in [-0.39, 0.29) is 5.41 Å². The number of methoxy groups -OCH3 is 1. The summed E-state index contributed by atoms with van der Waals surface area (Å²) >= 11 is 0. The molecule has 0 aliphatic heterocycles. The van der Waals surface area contributed by atoms with Gasteiger partial charge in [0.15, 0.2) is 0 Å². The second-order valence-corrected chi connectivity index (χ2v) is 5.08. The lowest BCUT2D eigenvalue weighted by molar-refractivity contribution is 0.326. The van der Waals surface area contributed by atoms with Crippen LogP contribution >= 0.6 is 0 Å². The van der Waals surface area contributed by atoms with Gasteiger partial charge in [0.1, 0.15) is 5.75 Å². The van der Waals surface area contributed by atoms with E-state index in [4.69, 9.17) is 4.74 Å². The average Bonchev–Trinajstić information content (AvgIpc) is 2.66. The highest BCUT2D eigenvalue weighted by Gasteiger charge is 2.41. The van der Waals surface area contributed by atoms with Crippen molar-refractivity contribution >= 4 is 10.9 Å². The SMILES string of the molecule is COc1ccc2c(c1)c(C1(C#N)CCC1)cn2C. The van der Waals surface area contributed by atoms with E-state index in [1.54, 1.807) is 7.11 Å². The Labute approximate surface area is 107 Å². The Morgan fingerprint density at radius 1 is 1.39 bits per heavy atom. The van der Waals surface area contributed by atoms with Crippen LogP contribution in [-0.2, 0) is 12.5 Å². The molecule has 18 heavy (non-hydrogen) atoms. The van der Waals surface area contributed by atoms with Crippen molar-refractivity contribution in [1.82, 2.24) is 4.57 Å². The maximum Gasteiger partial charge on any atom is 0.119 e. The highest BCUT2D eigenvalue weighted by molar-refractivity contribution is 5.87. The second kappa shape index (κ2) is 3.78. The summed E-state index contributed by atoms with van der Waals surface area (Å²) in [6.45, 7) is 0. The van der Waals surface area contributed by atoms with E-state index in [1.807, 2.05) is 19.2 Å². The van der Waals surface area contributed by atoms with Gasteiger partial charge in [0.05, 0.1) is 18.6 Å². The molecule has 3 rings (SSSR count). The molecule has 3 heteroatoms. The summed E-state index contributed by atoms with van der Waals surface area (Å²) in [4.78, 5) is 0. The Balaban J connectivity index is 2.26. The molecule has 3 nitrogen and oxygen atoms in total. The van der Waals surface area contributed by atoms with Gasteiger partial charge in [-0.15, -0.1) is 0 Å². The van der Waals surface area contributed by atoms with Crippen molar-refractivity contribution in [3.63, 3.8) is 0 Å². The zero-order chi connectivity index (χ0) is 12.8. The Bertz CT molecular complexity index is 644. The molecule has 92 valence electrons. The number of nitriles is 1. The highest BCUT2D eigenvalue weighted by atomic mass is 16.5. The Morgan fingerprint density at radius 3 is 2.72 bits per heavy atom.